The van der Waals surface area contributed by atoms with Gasteiger partial charge in [-0.1, -0.05) is 6.07 Å². The molecule has 0 spiro atoms. The van der Waals surface area contributed by atoms with Gasteiger partial charge in [0.15, 0.2) is 0 Å². The van der Waals surface area contributed by atoms with Crippen LogP contribution < -0.4 is 10.1 Å². The molecule has 0 aliphatic heterocycles. The van der Waals surface area contributed by atoms with Crippen LogP contribution >= 0.6 is 11.8 Å². The van der Waals surface area contributed by atoms with E-state index in [0.29, 0.717) is 6.04 Å². The third-order valence-corrected chi connectivity index (χ3v) is 3.97. The number of methoxy groups -OCH3 is 1. The molecule has 1 aromatic rings. The summed E-state index contributed by atoms with van der Waals surface area (Å²) in [4.78, 5) is 0. The van der Waals surface area contributed by atoms with E-state index in [1.165, 1.54) is 36.1 Å². The van der Waals surface area contributed by atoms with E-state index in [-0.39, 0.29) is 0 Å². The maximum atomic E-state index is 5.29. The van der Waals surface area contributed by atoms with E-state index in [4.69, 9.17) is 4.74 Å². The van der Waals surface area contributed by atoms with Crippen molar-refractivity contribution in [3.8, 4) is 5.75 Å². The largest absolute Gasteiger partial charge is 0.497 e. The van der Waals surface area contributed by atoms with Crippen LogP contribution in [-0.4, -0.2) is 25.7 Å². The topological polar surface area (TPSA) is 21.3 Å². The van der Waals surface area contributed by atoms with E-state index in [1.807, 2.05) is 11.8 Å². The van der Waals surface area contributed by atoms with Crippen molar-refractivity contribution in [2.45, 2.75) is 25.3 Å². The normalized spacial score (nSPS) is 18.8. The van der Waals surface area contributed by atoms with Gasteiger partial charge in [0.05, 0.1) is 7.11 Å². The minimum atomic E-state index is 0.539. The summed E-state index contributed by atoms with van der Waals surface area (Å²) in [7, 11) is 1.73. The Balaban J connectivity index is 2.08. The van der Waals surface area contributed by atoms with Gasteiger partial charge in [-0.25, -0.2) is 0 Å². The highest BCUT2D eigenvalue weighted by atomic mass is 32.2. The summed E-state index contributed by atoms with van der Waals surface area (Å²) in [6.07, 6.45) is 5.87. The minimum Gasteiger partial charge on any atom is -0.497 e. The summed E-state index contributed by atoms with van der Waals surface area (Å²) in [6, 6.07) is 7.03. The van der Waals surface area contributed by atoms with E-state index in [9.17, 15) is 0 Å². The molecule has 0 bridgehead atoms. The van der Waals surface area contributed by atoms with Gasteiger partial charge in [-0.05, 0) is 48.8 Å². The molecule has 1 aliphatic rings. The highest BCUT2D eigenvalue weighted by Gasteiger charge is 2.19. The smallest absolute Gasteiger partial charge is 0.119 e. The predicted molar refractivity (Wildman–Crippen MR) is 75.1 cm³/mol. The summed E-state index contributed by atoms with van der Waals surface area (Å²) < 4.78 is 5.29. The fourth-order valence-corrected chi connectivity index (χ4v) is 2.79. The maximum Gasteiger partial charge on any atom is 0.119 e. The van der Waals surface area contributed by atoms with Gasteiger partial charge in [0.2, 0.25) is 0 Å². The first-order chi connectivity index (χ1) is 8.35. The lowest BCUT2D eigenvalue weighted by atomic mass is 9.87. The number of fused-ring (bicyclic) bond motifs is 1. The van der Waals surface area contributed by atoms with Crippen LogP contribution in [0, 0.1) is 0 Å². The number of ether oxygens (including phenoxy) is 1. The third-order valence-electron chi connectivity index (χ3n) is 3.36. The van der Waals surface area contributed by atoms with Gasteiger partial charge in [-0.15, -0.1) is 0 Å². The van der Waals surface area contributed by atoms with Crippen LogP contribution in [-0.2, 0) is 6.42 Å². The standard InChI is InChI=1S/C14H21NOS/c1-16-12-6-7-13-11(10-12)4-3-5-14(13)15-8-9-17-2/h6-7,10,14-15H,3-5,8-9H2,1-2H3. The Morgan fingerprint density at radius 3 is 3.12 bits per heavy atom. The summed E-state index contributed by atoms with van der Waals surface area (Å²) in [6.45, 7) is 1.09. The Hall–Kier alpha value is -0.670. The average molecular weight is 251 g/mol. The number of aryl methyl sites for hydroxylation is 1. The quantitative estimate of drug-likeness (QED) is 0.813. The number of hydrogen-bond donors (Lipinski definition) is 1. The molecule has 0 saturated heterocycles. The molecule has 17 heavy (non-hydrogen) atoms. The molecule has 0 aromatic heterocycles. The molecule has 94 valence electrons. The molecule has 3 heteroatoms. The van der Waals surface area contributed by atoms with Crippen molar-refractivity contribution in [3.05, 3.63) is 29.3 Å². The molecule has 1 aromatic carbocycles. The number of nitrogens with one attached hydrogen (secondary N) is 1. The zero-order valence-corrected chi connectivity index (χ0v) is 11.5. The molecule has 0 amide bonds. The number of thioether (sulfide) groups is 1. The van der Waals surface area contributed by atoms with Crippen LogP contribution in [0.4, 0.5) is 0 Å². The molecule has 1 N–H and O–H groups in total. The van der Waals surface area contributed by atoms with E-state index in [2.05, 4.69) is 29.8 Å². The molecule has 1 atom stereocenters. The molecule has 0 radical (unpaired) electrons. The Morgan fingerprint density at radius 2 is 2.35 bits per heavy atom. The minimum absolute atomic E-state index is 0.539. The van der Waals surface area contributed by atoms with Crippen molar-refractivity contribution >= 4 is 11.8 Å². The lowest BCUT2D eigenvalue weighted by molar-refractivity contribution is 0.411. The van der Waals surface area contributed by atoms with Gasteiger partial charge in [0.1, 0.15) is 5.75 Å². The van der Waals surface area contributed by atoms with Gasteiger partial charge in [0, 0.05) is 18.3 Å². The SMILES string of the molecule is COc1ccc2c(c1)CCCC2NCCSC. The number of rotatable bonds is 5. The van der Waals surface area contributed by atoms with Crippen molar-refractivity contribution in [1.82, 2.24) is 5.32 Å². The van der Waals surface area contributed by atoms with E-state index in [0.717, 1.165) is 12.3 Å². The first-order valence-electron chi connectivity index (χ1n) is 6.24. The molecule has 1 unspecified atom stereocenters. The lowest BCUT2D eigenvalue weighted by Crippen LogP contribution is -2.27. The van der Waals surface area contributed by atoms with Crippen LogP contribution in [0.3, 0.4) is 0 Å². The number of hydrogen-bond acceptors (Lipinski definition) is 3. The second-order valence-electron chi connectivity index (χ2n) is 4.46. The lowest BCUT2D eigenvalue weighted by Gasteiger charge is -2.26. The van der Waals surface area contributed by atoms with Crippen LogP contribution in [0.1, 0.15) is 30.0 Å². The Labute approximate surface area is 108 Å². The van der Waals surface area contributed by atoms with Crippen molar-refractivity contribution in [2.75, 3.05) is 25.7 Å². The van der Waals surface area contributed by atoms with Gasteiger partial charge in [0.25, 0.3) is 0 Å². The van der Waals surface area contributed by atoms with Gasteiger partial charge in [-0.3, -0.25) is 0 Å². The van der Waals surface area contributed by atoms with Gasteiger partial charge >= 0.3 is 0 Å². The van der Waals surface area contributed by atoms with Crippen molar-refractivity contribution in [2.24, 2.45) is 0 Å². The van der Waals surface area contributed by atoms with Gasteiger partial charge < -0.3 is 10.1 Å². The first-order valence-corrected chi connectivity index (χ1v) is 7.63. The Bertz CT molecular complexity index is 367. The maximum absolute atomic E-state index is 5.29. The zero-order chi connectivity index (χ0) is 12.1. The molecule has 2 nitrogen and oxygen atoms in total. The fraction of sp³-hybridized carbons (Fsp3) is 0.571. The molecule has 2 rings (SSSR count). The zero-order valence-electron chi connectivity index (χ0n) is 10.7. The van der Waals surface area contributed by atoms with Crippen LogP contribution in [0.2, 0.25) is 0 Å². The molecule has 1 aliphatic carbocycles. The van der Waals surface area contributed by atoms with E-state index in [1.54, 1.807) is 7.11 Å². The molecular formula is C14H21NOS. The highest BCUT2D eigenvalue weighted by Crippen LogP contribution is 2.31. The molecular weight excluding hydrogens is 230 g/mol. The van der Waals surface area contributed by atoms with E-state index < -0.39 is 0 Å². The second kappa shape index (κ2) is 6.31. The van der Waals surface area contributed by atoms with Crippen LogP contribution in [0.15, 0.2) is 18.2 Å². The molecule has 0 heterocycles. The summed E-state index contributed by atoms with van der Waals surface area (Å²) in [5, 5.41) is 3.65. The second-order valence-corrected chi connectivity index (χ2v) is 5.44. The third kappa shape index (κ3) is 3.17. The van der Waals surface area contributed by atoms with Crippen molar-refractivity contribution in [1.29, 1.82) is 0 Å². The van der Waals surface area contributed by atoms with Crippen LogP contribution in [0.25, 0.3) is 0 Å². The summed E-state index contributed by atoms with van der Waals surface area (Å²) >= 11 is 1.90. The Kier molecular flexibility index (Phi) is 4.75. The Morgan fingerprint density at radius 1 is 1.47 bits per heavy atom. The monoisotopic (exact) mass is 251 g/mol. The summed E-state index contributed by atoms with van der Waals surface area (Å²) in [5.74, 6) is 2.16. The summed E-state index contributed by atoms with van der Waals surface area (Å²) in [5.41, 5.74) is 2.93. The van der Waals surface area contributed by atoms with Gasteiger partial charge in [-0.2, -0.15) is 11.8 Å². The van der Waals surface area contributed by atoms with Crippen molar-refractivity contribution < 1.29 is 4.74 Å². The van der Waals surface area contributed by atoms with E-state index >= 15 is 0 Å². The molecule has 0 saturated carbocycles. The van der Waals surface area contributed by atoms with Crippen LogP contribution in [0.5, 0.6) is 5.75 Å². The highest BCUT2D eigenvalue weighted by molar-refractivity contribution is 7.98. The predicted octanol–water partition coefficient (Wildman–Crippen LogP) is 3.03. The first kappa shape index (κ1) is 12.8. The number of benzene rings is 1. The van der Waals surface area contributed by atoms with Crippen molar-refractivity contribution in [3.63, 3.8) is 0 Å². The average Bonchev–Trinajstić information content (AvgIpc) is 2.38. The molecule has 0 fully saturated rings. The fourth-order valence-electron chi connectivity index (χ4n) is 2.46.